The van der Waals surface area contributed by atoms with Gasteiger partial charge in [0.05, 0.1) is 12.5 Å². The maximum absolute atomic E-state index is 12.2. The highest BCUT2D eigenvalue weighted by atomic mass is 16.3. The summed E-state index contributed by atoms with van der Waals surface area (Å²) in [6.45, 7) is 4.94. The maximum Gasteiger partial charge on any atom is 0.252 e. The van der Waals surface area contributed by atoms with Gasteiger partial charge in [-0.3, -0.25) is 4.79 Å². The molecule has 1 N–H and O–H groups in total. The molecule has 0 aromatic carbocycles. The van der Waals surface area contributed by atoms with E-state index in [1.165, 1.54) is 0 Å². The summed E-state index contributed by atoms with van der Waals surface area (Å²) in [5, 5.41) is 14.0. The van der Waals surface area contributed by atoms with Crippen LogP contribution in [0.25, 0.3) is 5.78 Å². The van der Waals surface area contributed by atoms with Gasteiger partial charge in [0.2, 0.25) is 5.91 Å². The first-order valence-electron chi connectivity index (χ1n) is 7.18. The first-order valence-corrected chi connectivity index (χ1v) is 7.18. The summed E-state index contributed by atoms with van der Waals surface area (Å²) < 4.78 is 1.65. The molecule has 7 heteroatoms. The number of piperidine rings is 1. The SMILES string of the molecule is Cc1cc(C)n2nc(CC(=O)N3CCCC(O)C3)nc2n1. The van der Waals surface area contributed by atoms with E-state index < -0.39 is 6.10 Å². The molecule has 2 aromatic rings. The molecule has 3 heterocycles. The average molecular weight is 289 g/mol. The highest BCUT2D eigenvalue weighted by Crippen LogP contribution is 2.12. The van der Waals surface area contributed by atoms with Crippen molar-refractivity contribution in [2.75, 3.05) is 13.1 Å². The standard InChI is InChI=1S/C14H19N5O2/c1-9-6-10(2)19-14(15-9)16-12(17-19)7-13(21)18-5-3-4-11(20)8-18/h6,11,20H,3-5,7-8H2,1-2H3. The monoisotopic (exact) mass is 289 g/mol. The molecule has 3 rings (SSSR count). The van der Waals surface area contributed by atoms with E-state index in [0.29, 0.717) is 24.7 Å². The molecule has 0 bridgehead atoms. The van der Waals surface area contributed by atoms with Crippen molar-refractivity contribution in [2.24, 2.45) is 0 Å². The largest absolute Gasteiger partial charge is 0.391 e. The number of carbonyl (C=O) groups excluding carboxylic acids is 1. The number of rotatable bonds is 2. The molecule has 1 saturated heterocycles. The summed E-state index contributed by atoms with van der Waals surface area (Å²) in [4.78, 5) is 22.6. The third-order valence-corrected chi connectivity index (χ3v) is 3.72. The van der Waals surface area contributed by atoms with Gasteiger partial charge in [0.25, 0.3) is 5.78 Å². The molecule has 1 amide bonds. The third kappa shape index (κ3) is 2.87. The molecular weight excluding hydrogens is 270 g/mol. The second-order valence-corrected chi connectivity index (χ2v) is 5.59. The fourth-order valence-corrected chi connectivity index (χ4v) is 2.71. The van der Waals surface area contributed by atoms with Crippen LogP contribution in [-0.2, 0) is 11.2 Å². The number of nitrogens with zero attached hydrogens (tertiary/aromatic N) is 5. The van der Waals surface area contributed by atoms with Crippen molar-refractivity contribution < 1.29 is 9.90 Å². The van der Waals surface area contributed by atoms with E-state index in [4.69, 9.17) is 0 Å². The zero-order valence-corrected chi connectivity index (χ0v) is 12.3. The van der Waals surface area contributed by atoms with E-state index in [0.717, 1.165) is 24.2 Å². The number of β-amino-alcohol motifs (C(OH)–C–C–N with tert-alkyl or cyclic N) is 1. The first-order chi connectivity index (χ1) is 10.0. The number of fused-ring (bicyclic) bond motifs is 1. The Morgan fingerprint density at radius 3 is 3.00 bits per heavy atom. The number of aryl methyl sites for hydroxylation is 2. The van der Waals surface area contributed by atoms with Crippen molar-refractivity contribution >= 4 is 11.7 Å². The second kappa shape index (κ2) is 5.40. The zero-order valence-electron chi connectivity index (χ0n) is 12.3. The second-order valence-electron chi connectivity index (χ2n) is 5.59. The van der Waals surface area contributed by atoms with Crippen molar-refractivity contribution in [3.8, 4) is 0 Å². The normalized spacial score (nSPS) is 19.2. The number of hydrogen-bond donors (Lipinski definition) is 1. The van der Waals surface area contributed by atoms with Crippen LogP contribution in [0.1, 0.15) is 30.1 Å². The van der Waals surface area contributed by atoms with Crippen LogP contribution in [0.4, 0.5) is 0 Å². The van der Waals surface area contributed by atoms with E-state index in [9.17, 15) is 9.90 Å². The first kappa shape index (κ1) is 13.9. The van der Waals surface area contributed by atoms with Gasteiger partial charge in [-0.2, -0.15) is 4.98 Å². The van der Waals surface area contributed by atoms with Gasteiger partial charge in [0.1, 0.15) is 0 Å². The number of amides is 1. The molecular formula is C14H19N5O2. The Morgan fingerprint density at radius 2 is 2.24 bits per heavy atom. The molecule has 2 aromatic heterocycles. The smallest absolute Gasteiger partial charge is 0.252 e. The summed E-state index contributed by atoms with van der Waals surface area (Å²) >= 11 is 0. The predicted molar refractivity (Wildman–Crippen MR) is 75.8 cm³/mol. The van der Waals surface area contributed by atoms with Gasteiger partial charge >= 0.3 is 0 Å². The van der Waals surface area contributed by atoms with Crippen LogP contribution < -0.4 is 0 Å². The van der Waals surface area contributed by atoms with Gasteiger partial charge in [0, 0.05) is 24.5 Å². The maximum atomic E-state index is 12.2. The lowest BCUT2D eigenvalue weighted by Gasteiger charge is -2.29. The van der Waals surface area contributed by atoms with Crippen molar-refractivity contribution in [3.05, 3.63) is 23.3 Å². The quantitative estimate of drug-likeness (QED) is 0.858. The Balaban J connectivity index is 1.78. The Morgan fingerprint density at radius 1 is 1.43 bits per heavy atom. The van der Waals surface area contributed by atoms with E-state index in [1.54, 1.807) is 9.42 Å². The fourth-order valence-electron chi connectivity index (χ4n) is 2.71. The minimum absolute atomic E-state index is 0.0426. The number of aliphatic hydroxyl groups excluding tert-OH is 1. The topological polar surface area (TPSA) is 83.6 Å². The number of carbonyl (C=O) groups is 1. The minimum Gasteiger partial charge on any atom is -0.391 e. The van der Waals surface area contributed by atoms with Gasteiger partial charge < -0.3 is 10.0 Å². The van der Waals surface area contributed by atoms with Crippen LogP contribution in [0.5, 0.6) is 0 Å². The van der Waals surface area contributed by atoms with Gasteiger partial charge in [-0.1, -0.05) is 0 Å². The van der Waals surface area contributed by atoms with Crippen LogP contribution in [0, 0.1) is 13.8 Å². The van der Waals surface area contributed by atoms with E-state index in [1.807, 2.05) is 19.9 Å². The summed E-state index contributed by atoms with van der Waals surface area (Å²) in [6, 6.07) is 1.92. The summed E-state index contributed by atoms with van der Waals surface area (Å²) in [5.41, 5.74) is 1.82. The molecule has 0 spiro atoms. The molecule has 1 aliphatic rings. The van der Waals surface area contributed by atoms with Gasteiger partial charge in [-0.05, 0) is 32.8 Å². The molecule has 1 fully saturated rings. The lowest BCUT2D eigenvalue weighted by Crippen LogP contribution is -2.42. The Labute approximate surface area is 122 Å². The van der Waals surface area contributed by atoms with Crippen LogP contribution in [0.3, 0.4) is 0 Å². The Bertz CT molecular complexity index is 681. The molecule has 1 aliphatic heterocycles. The molecule has 7 nitrogen and oxygen atoms in total. The lowest BCUT2D eigenvalue weighted by molar-refractivity contribution is -0.133. The molecule has 112 valence electrons. The van der Waals surface area contributed by atoms with Crippen LogP contribution in [0.15, 0.2) is 6.07 Å². The predicted octanol–water partition coefficient (Wildman–Crippen LogP) is 0.267. The van der Waals surface area contributed by atoms with Crippen molar-refractivity contribution in [1.29, 1.82) is 0 Å². The summed E-state index contributed by atoms with van der Waals surface area (Å²) in [7, 11) is 0. The molecule has 0 aliphatic carbocycles. The highest BCUT2D eigenvalue weighted by molar-refractivity contribution is 5.78. The lowest BCUT2D eigenvalue weighted by atomic mass is 10.1. The molecule has 1 unspecified atom stereocenters. The summed E-state index contributed by atoms with van der Waals surface area (Å²) in [6.07, 6.45) is 1.34. The van der Waals surface area contributed by atoms with Crippen LogP contribution in [-0.4, -0.2) is 54.7 Å². The molecule has 0 saturated carbocycles. The van der Waals surface area contributed by atoms with Crippen LogP contribution in [0.2, 0.25) is 0 Å². The number of likely N-dealkylation sites (tertiary alicyclic amines) is 1. The fraction of sp³-hybridized carbons (Fsp3) is 0.571. The highest BCUT2D eigenvalue weighted by Gasteiger charge is 2.23. The number of aliphatic hydroxyl groups is 1. The van der Waals surface area contributed by atoms with Crippen molar-refractivity contribution in [3.63, 3.8) is 0 Å². The van der Waals surface area contributed by atoms with Crippen molar-refractivity contribution in [1.82, 2.24) is 24.5 Å². The minimum atomic E-state index is -0.414. The molecule has 21 heavy (non-hydrogen) atoms. The zero-order chi connectivity index (χ0) is 15.0. The number of aromatic nitrogens is 4. The van der Waals surface area contributed by atoms with Crippen molar-refractivity contribution in [2.45, 2.75) is 39.2 Å². The van der Waals surface area contributed by atoms with Gasteiger partial charge in [-0.25, -0.2) is 9.50 Å². The van der Waals surface area contributed by atoms with Gasteiger partial charge in [-0.15, -0.1) is 5.10 Å². The average Bonchev–Trinajstić information content (AvgIpc) is 2.81. The third-order valence-electron chi connectivity index (χ3n) is 3.72. The van der Waals surface area contributed by atoms with E-state index >= 15 is 0 Å². The van der Waals surface area contributed by atoms with Crippen LogP contribution >= 0.6 is 0 Å². The van der Waals surface area contributed by atoms with E-state index in [2.05, 4.69) is 15.1 Å². The number of hydrogen-bond acceptors (Lipinski definition) is 5. The molecule has 1 atom stereocenters. The van der Waals surface area contributed by atoms with Gasteiger partial charge in [0.15, 0.2) is 5.82 Å². The summed E-state index contributed by atoms with van der Waals surface area (Å²) in [5.74, 6) is 0.953. The Kier molecular flexibility index (Phi) is 3.59. The van der Waals surface area contributed by atoms with E-state index in [-0.39, 0.29) is 12.3 Å². The molecule has 0 radical (unpaired) electrons. The Hall–Kier alpha value is -2.02.